The number of nitrogens with one attached hydrogen (secondary N) is 1. The smallest absolute Gasteiger partial charge is 0.407 e. The zero-order valence-corrected chi connectivity index (χ0v) is 8.58. The highest BCUT2D eigenvalue weighted by Crippen LogP contribution is 2.23. The van der Waals surface area contributed by atoms with E-state index in [1.165, 1.54) is 4.90 Å². The van der Waals surface area contributed by atoms with Crippen molar-refractivity contribution in [3.63, 3.8) is 0 Å². The maximum atomic E-state index is 10.8. The van der Waals surface area contributed by atoms with Gasteiger partial charge in [-0.1, -0.05) is 6.58 Å². The molecule has 1 aliphatic heterocycles. The van der Waals surface area contributed by atoms with Crippen LogP contribution in [0.25, 0.3) is 5.57 Å². The van der Waals surface area contributed by atoms with Crippen LogP contribution in [0.5, 0.6) is 0 Å². The van der Waals surface area contributed by atoms with Crippen LogP contribution in [0.4, 0.5) is 4.79 Å². The van der Waals surface area contributed by atoms with Gasteiger partial charge >= 0.3 is 6.09 Å². The molecule has 1 aromatic heterocycles. The van der Waals surface area contributed by atoms with Gasteiger partial charge in [-0.3, -0.25) is 5.10 Å². The molecule has 5 nitrogen and oxygen atoms in total. The second kappa shape index (κ2) is 3.42. The minimum absolute atomic E-state index is 0.394. The van der Waals surface area contributed by atoms with Crippen molar-refractivity contribution in [3.8, 4) is 0 Å². The Balaban J connectivity index is 2.30. The van der Waals surface area contributed by atoms with Gasteiger partial charge in [0.15, 0.2) is 0 Å². The van der Waals surface area contributed by atoms with Gasteiger partial charge in [0.05, 0.1) is 17.9 Å². The molecule has 0 aromatic carbocycles. The summed E-state index contributed by atoms with van der Waals surface area (Å²) in [5.74, 6) is 0. The fourth-order valence-corrected chi connectivity index (χ4v) is 1.83. The average molecular weight is 207 g/mol. The zero-order chi connectivity index (χ0) is 11.0. The van der Waals surface area contributed by atoms with Gasteiger partial charge in [-0.25, -0.2) is 4.79 Å². The van der Waals surface area contributed by atoms with Crippen molar-refractivity contribution >= 4 is 11.7 Å². The van der Waals surface area contributed by atoms with Gasteiger partial charge in [0.2, 0.25) is 0 Å². The Morgan fingerprint density at radius 2 is 2.40 bits per heavy atom. The number of carboxylic acid groups (broad SMARTS) is 1. The fraction of sp³-hybridized carbons (Fsp3) is 0.400. The number of allylic oxidation sites excluding steroid dienone is 1. The van der Waals surface area contributed by atoms with Crippen LogP contribution in [-0.2, 0) is 13.0 Å². The molecular formula is C10H13N3O2. The van der Waals surface area contributed by atoms with Crippen molar-refractivity contribution in [2.24, 2.45) is 0 Å². The van der Waals surface area contributed by atoms with E-state index in [1.54, 1.807) is 0 Å². The summed E-state index contributed by atoms with van der Waals surface area (Å²) >= 11 is 0. The summed E-state index contributed by atoms with van der Waals surface area (Å²) in [4.78, 5) is 12.2. The van der Waals surface area contributed by atoms with E-state index in [0.717, 1.165) is 22.5 Å². The molecule has 0 spiro atoms. The van der Waals surface area contributed by atoms with Gasteiger partial charge in [-0.05, 0) is 18.9 Å². The number of hydrogen-bond acceptors (Lipinski definition) is 2. The number of hydrogen-bond donors (Lipinski definition) is 2. The van der Waals surface area contributed by atoms with E-state index in [1.807, 2.05) is 6.92 Å². The van der Waals surface area contributed by atoms with Crippen LogP contribution < -0.4 is 0 Å². The molecule has 80 valence electrons. The number of H-pyrrole nitrogens is 1. The summed E-state index contributed by atoms with van der Waals surface area (Å²) in [6.45, 7) is 6.67. The standard InChI is InChI=1S/C10H13N3O2/c1-6(2)9-7-3-4-13(10(14)15)5-8(7)11-12-9/h1,3-5H2,2H3,(H,11,12)(H,14,15). The lowest BCUT2D eigenvalue weighted by Crippen LogP contribution is -2.34. The Bertz CT molecular complexity index is 422. The van der Waals surface area contributed by atoms with Gasteiger partial charge in [0, 0.05) is 12.1 Å². The molecule has 0 atom stereocenters. The molecule has 0 aliphatic carbocycles. The quantitative estimate of drug-likeness (QED) is 0.732. The van der Waals surface area contributed by atoms with Crippen LogP contribution >= 0.6 is 0 Å². The molecule has 0 radical (unpaired) electrons. The van der Waals surface area contributed by atoms with E-state index in [0.29, 0.717) is 19.5 Å². The number of aromatic amines is 1. The third-order valence-corrected chi connectivity index (χ3v) is 2.61. The molecule has 2 N–H and O–H groups in total. The molecular weight excluding hydrogens is 194 g/mol. The van der Waals surface area contributed by atoms with Crippen LogP contribution in [0.2, 0.25) is 0 Å². The SMILES string of the molecule is C=C(C)c1n[nH]c2c1CCN(C(=O)O)C2. The number of rotatable bonds is 1. The Morgan fingerprint density at radius 1 is 1.67 bits per heavy atom. The first-order valence-electron chi connectivity index (χ1n) is 4.79. The van der Waals surface area contributed by atoms with Gasteiger partial charge in [0.25, 0.3) is 0 Å². The Morgan fingerprint density at radius 3 is 3.00 bits per heavy atom. The number of amides is 1. The first kappa shape index (κ1) is 9.76. The lowest BCUT2D eigenvalue weighted by Gasteiger charge is -2.23. The third-order valence-electron chi connectivity index (χ3n) is 2.61. The minimum Gasteiger partial charge on any atom is -0.465 e. The van der Waals surface area contributed by atoms with E-state index < -0.39 is 6.09 Å². The van der Waals surface area contributed by atoms with Crippen molar-refractivity contribution in [1.29, 1.82) is 0 Å². The first-order chi connectivity index (χ1) is 7.09. The maximum absolute atomic E-state index is 10.8. The second-order valence-corrected chi connectivity index (χ2v) is 3.76. The molecule has 1 aromatic rings. The summed E-state index contributed by atoms with van der Waals surface area (Å²) in [5, 5.41) is 15.9. The Kier molecular flexibility index (Phi) is 2.22. The Labute approximate surface area is 87.4 Å². The van der Waals surface area contributed by atoms with Gasteiger partial charge in [0.1, 0.15) is 0 Å². The summed E-state index contributed by atoms with van der Waals surface area (Å²) in [6, 6.07) is 0. The van der Waals surface area contributed by atoms with Crippen molar-refractivity contribution < 1.29 is 9.90 Å². The molecule has 0 unspecified atom stereocenters. The van der Waals surface area contributed by atoms with E-state index in [4.69, 9.17) is 5.11 Å². The first-order valence-corrected chi connectivity index (χ1v) is 4.79. The topological polar surface area (TPSA) is 69.2 Å². The molecule has 5 heteroatoms. The van der Waals surface area contributed by atoms with Gasteiger partial charge < -0.3 is 10.0 Å². The molecule has 2 heterocycles. The van der Waals surface area contributed by atoms with Crippen LogP contribution in [0.3, 0.4) is 0 Å². The molecule has 0 saturated carbocycles. The molecule has 0 saturated heterocycles. The normalized spacial score (nSPS) is 14.9. The van der Waals surface area contributed by atoms with Gasteiger partial charge in [-0.2, -0.15) is 5.10 Å². The minimum atomic E-state index is -0.882. The zero-order valence-electron chi connectivity index (χ0n) is 8.58. The summed E-state index contributed by atoms with van der Waals surface area (Å²) < 4.78 is 0. The number of carbonyl (C=O) groups is 1. The lowest BCUT2D eigenvalue weighted by molar-refractivity contribution is 0.139. The average Bonchev–Trinajstić information content (AvgIpc) is 2.59. The van der Waals surface area contributed by atoms with Crippen molar-refractivity contribution in [3.05, 3.63) is 23.5 Å². The highest BCUT2D eigenvalue weighted by Gasteiger charge is 2.24. The number of fused-ring (bicyclic) bond motifs is 1. The fourth-order valence-electron chi connectivity index (χ4n) is 1.83. The van der Waals surface area contributed by atoms with E-state index >= 15 is 0 Å². The van der Waals surface area contributed by atoms with Crippen LogP contribution in [0.15, 0.2) is 6.58 Å². The van der Waals surface area contributed by atoms with Crippen LogP contribution in [-0.4, -0.2) is 32.8 Å². The van der Waals surface area contributed by atoms with Gasteiger partial charge in [-0.15, -0.1) is 0 Å². The summed E-state index contributed by atoms with van der Waals surface area (Å²) in [5.41, 5.74) is 3.80. The van der Waals surface area contributed by atoms with E-state index in [9.17, 15) is 4.79 Å². The summed E-state index contributed by atoms with van der Waals surface area (Å²) in [6.07, 6.45) is -0.174. The second-order valence-electron chi connectivity index (χ2n) is 3.76. The van der Waals surface area contributed by atoms with Crippen molar-refractivity contribution in [1.82, 2.24) is 15.1 Å². The monoisotopic (exact) mass is 207 g/mol. The largest absolute Gasteiger partial charge is 0.465 e. The van der Waals surface area contributed by atoms with Crippen LogP contribution in [0, 0.1) is 0 Å². The molecule has 2 rings (SSSR count). The Hall–Kier alpha value is -1.78. The van der Waals surface area contributed by atoms with E-state index in [2.05, 4.69) is 16.8 Å². The molecule has 0 fully saturated rings. The molecule has 0 bridgehead atoms. The molecule has 15 heavy (non-hydrogen) atoms. The maximum Gasteiger partial charge on any atom is 0.407 e. The predicted octanol–water partition coefficient (Wildman–Crippen LogP) is 1.48. The molecule has 1 amide bonds. The predicted molar refractivity (Wildman–Crippen MR) is 55.4 cm³/mol. The lowest BCUT2D eigenvalue weighted by atomic mass is 10.0. The third kappa shape index (κ3) is 1.60. The number of nitrogens with zero attached hydrogens (tertiary/aromatic N) is 2. The van der Waals surface area contributed by atoms with Crippen molar-refractivity contribution in [2.75, 3.05) is 6.54 Å². The summed E-state index contributed by atoms with van der Waals surface area (Å²) in [7, 11) is 0. The highest BCUT2D eigenvalue weighted by molar-refractivity contribution is 5.67. The highest BCUT2D eigenvalue weighted by atomic mass is 16.4. The number of aromatic nitrogens is 2. The van der Waals surface area contributed by atoms with E-state index in [-0.39, 0.29) is 0 Å². The van der Waals surface area contributed by atoms with Crippen LogP contribution in [0.1, 0.15) is 23.9 Å². The molecule has 1 aliphatic rings. The van der Waals surface area contributed by atoms with Crippen molar-refractivity contribution in [2.45, 2.75) is 19.9 Å².